The van der Waals surface area contributed by atoms with Gasteiger partial charge in [-0.2, -0.15) is 0 Å². The molecule has 3 rings (SSSR count). The smallest absolute Gasteiger partial charge is 0.333 e. The van der Waals surface area contributed by atoms with E-state index in [0.717, 1.165) is 12.0 Å². The molecule has 7 heteroatoms. The minimum Gasteiger partial charge on any atom is -0.478 e. The summed E-state index contributed by atoms with van der Waals surface area (Å²) < 4.78 is 5.09. The molecule has 0 fully saturated rings. The third kappa shape index (κ3) is 4.93. The SMILES string of the molecule is [B]c1ccc(OC(C)=O)c(C(=O)NC2CC(C3C=CC=CC3)=CC=C2C(=O)O)c1. The van der Waals surface area contributed by atoms with E-state index in [1.165, 1.54) is 31.2 Å². The minimum atomic E-state index is -1.10. The molecule has 2 radical (unpaired) electrons. The van der Waals surface area contributed by atoms with Crippen LogP contribution < -0.4 is 15.5 Å². The van der Waals surface area contributed by atoms with Gasteiger partial charge in [0.05, 0.1) is 17.2 Å². The minimum absolute atomic E-state index is 0.0666. The average molecular weight is 389 g/mol. The maximum Gasteiger partial charge on any atom is 0.333 e. The van der Waals surface area contributed by atoms with Crippen molar-refractivity contribution in [3.05, 3.63) is 71.4 Å². The van der Waals surface area contributed by atoms with Crippen LogP contribution in [-0.2, 0) is 9.59 Å². The highest BCUT2D eigenvalue weighted by Gasteiger charge is 2.29. The number of carboxylic acids is 1. The van der Waals surface area contributed by atoms with Gasteiger partial charge in [-0.3, -0.25) is 9.59 Å². The first-order valence-corrected chi connectivity index (χ1v) is 9.21. The van der Waals surface area contributed by atoms with Gasteiger partial charge in [-0.1, -0.05) is 53.5 Å². The Bertz CT molecular complexity index is 973. The average Bonchev–Trinajstić information content (AvgIpc) is 2.69. The van der Waals surface area contributed by atoms with E-state index < -0.39 is 23.9 Å². The summed E-state index contributed by atoms with van der Waals surface area (Å²) in [6.45, 7) is 1.23. The lowest BCUT2D eigenvalue weighted by molar-refractivity contribution is -0.133. The van der Waals surface area contributed by atoms with Gasteiger partial charge in [0.15, 0.2) is 0 Å². The van der Waals surface area contributed by atoms with Gasteiger partial charge in [0.1, 0.15) is 13.6 Å². The Kier molecular flexibility index (Phi) is 6.17. The number of benzene rings is 1. The Morgan fingerprint density at radius 2 is 2.00 bits per heavy atom. The number of aliphatic carboxylic acids is 1. The van der Waals surface area contributed by atoms with Crippen LogP contribution in [0.3, 0.4) is 0 Å². The van der Waals surface area contributed by atoms with Crippen LogP contribution in [0.4, 0.5) is 0 Å². The van der Waals surface area contributed by atoms with E-state index in [9.17, 15) is 19.5 Å². The van der Waals surface area contributed by atoms with Crippen LogP contribution in [0.2, 0.25) is 0 Å². The summed E-state index contributed by atoms with van der Waals surface area (Å²) in [6.07, 6.45) is 12.6. The van der Waals surface area contributed by atoms with Crippen molar-refractivity contribution in [3.63, 3.8) is 0 Å². The first kappa shape index (κ1) is 20.4. The quantitative estimate of drug-likeness (QED) is 0.457. The van der Waals surface area contributed by atoms with E-state index in [0.29, 0.717) is 11.9 Å². The number of hydrogen-bond acceptors (Lipinski definition) is 4. The molecular formula is C22H20BNO5. The fourth-order valence-electron chi connectivity index (χ4n) is 3.41. The summed E-state index contributed by atoms with van der Waals surface area (Å²) in [5.74, 6) is -2.01. The molecule has 2 atom stereocenters. The van der Waals surface area contributed by atoms with Gasteiger partial charge in [-0.25, -0.2) is 4.79 Å². The molecule has 0 aromatic heterocycles. The number of esters is 1. The summed E-state index contributed by atoms with van der Waals surface area (Å²) in [5, 5.41) is 12.3. The van der Waals surface area contributed by atoms with Crippen molar-refractivity contribution in [1.82, 2.24) is 5.32 Å². The Labute approximate surface area is 170 Å². The molecule has 0 spiro atoms. The van der Waals surface area contributed by atoms with Crippen molar-refractivity contribution in [2.45, 2.75) is 25.8 Å². The van der Waals surface area contributed by atoms with Gasteiger partial charge in [0, 0.05) is 12.8 Å². The molecule has 0 heterocycles. The van der Waals surface area contributed by atoms with Gasteiger partial charge in [0.2, 0.25) is 0 Å². The number of carbonyl (C=O) groups is 3. The molecule has 0 saturated carbocycles. The fourth-order valence-corrected chi connectivity index (χ4v) is 3.41. The monoisotopic (exact) mass is 389 g/mol. The maximum atomic E-state index is 12.9. The molecule has 0 aliphatic heterocycles. The number of carboxylic acid groups (broad SMARTS) is 1. The topological polar surface area (TPSA) is 92.7 Å². The molecule has 1 aromatic rings. The zero-order valence-electron chi connectivity index (χ0n) is 15.9. The van der Waals surface area contributed by atoms with Gasteiger partial charge in [0.25, 0.3) is 5.91 Å². The number of ether oxygens (including phenoxy) is 1. The molecule has 146 valence electrons. The van der Waals surface area contributed by atoms with Gasteiger partial charge in [-0.05, 0) is 25.0 Å². The van der Waals surface area contributed by atoms with Gasteiger partial charge < -0.3 is 15.2 Å². The summed E-state index contributed by atoms with van der Waals surface area (Å²) in [5.41, 5.74) is 1.52. The van der Waals surface area contributed by atoms with E-state index in [4.69, 9.17) is 12.6 Å². The molecule has 0 bridgehead atoms. The first-order valence-electron chi connectivity index (χ1n) is 9.21. The second-order valence-electron chi connectivity index (χ2n) is 6.90. The zero-order valence-corrected chi connectivity index (χ0v) is 15.9. The fraction of sp³-hybridized carbons (Fsp3) is 0.227. The molecule has 0 saturated heterocycles. The lowest BCUT2D eigenvalue weighted by Crippen LogP contribution is -2.40. The normalized spacial score (nSPS) is 20.4. The van der Waals surface area contributed by atoms with Crippen molar-refractivity contribution in [2.24, 2.45) is 5.92 Å². The molecule has 2 unspecified atom stereocenters. The summed E-state index contributed by atoms with van der Waals surface area (Å²) in [7, 11) is 5.78. The molecule has 2 N–H and O–H groups in total. The van der Waals surface area contributed by atoms with Crippen molar-refractivity contribution in [2.75, 3.05) is 0 Å². The predicted molar refractivity (Wildman–Crippen MR) is 109 cm³/mol. The molecule has 6 nitrogen and oxygen atoms in total. The number of amides is 1. The third-order valence-corrected chi connectivity index (χ3v) is 4.80. The number of rotatable bonds is 5. The molecular weight excluding hydrogens is 369 g/mol. The molecule has 2 aliphatic rings. The Balaban J connectivity index is 1.84. The van der Waals surface area contributed by atoms with Gasteiger partial charge >= 0.3 is 11.9 Å². The number of carbonyl (C=O) groups excluding carboxylic acids is 2. The van der Waals surface area contributed by atoms with E-state index in [-0.39, 0.29) is 22.8 Å². The van der Waals surface area contributed by atoms with Crippen molar-refractivity contribution in [3.8, 4) is 5.75 Å². The number of nitrogens with one attached hydrogen (secondary N) is 1. The van der Waals surface area contributed by atoms with Crippen LogP contribution in [0.15, 0.2) is 65.8 Å². The Morgan fingerprint density at radius 1 is 1.21 bits per heavy atom. The van der Waals surface area contributed by atoms with Crippen LogP contribution in [0.1, 0.15) is 30.1 Å². The van der Waals surface area contributed by atoms with Crippen LogP contribution in [0.25, 0.3) is 0 Å². The highest BCUT2D eigenvalue weighted by molar-refractivity contribution is 6.32. The predicted octanol–water partition coefficient (Wildman–Crippen LogP) is 1.98. The Morgan fingerprint density at radius 3 is 2.66 bits per heavy atom. The highest BCUT2D eigenvalue weighted by Crippen LogP contribution is 2.30. The van der Waals surface area contributed by atoms with Crippen LogP contribution >= 0.6 is 0 Å². The van der Waals surface area contributed by atoms with E-state index in [1.54, 1.807) is 0 Å². The van der Waals surface area contributed by atoms with E-state index in [1.807, 2.05) is 24.3 Å². The first-order chi connectivity index (χ1) is 13.8. The van der Waals surface area contributed by atoms with Crippen LogP contribution in [0, 0.1) is 5.92 Å². The van der Waals surface area contributed by atoms with Crippen LogP contribution in [0.5, 0.6) is 5.75 Å². The van der Waals surface area contributed by atoms with E-state index >= 15 is 0 Å². The zero-order chi connectivity index (χ0) is 21.0. The van der Waals surface area contributed by atoms with Crippen molar-refractivity contribution >= 4 is 31.2 Å². The second kappa shape index (κ2) is 8.77. The molecule has 2 aliphatic carbocycles. The largest absolute Gasteiger partial charge is 0.478 e. The van der Waals surface area contributed by atoms with Crippen molar-refractivity contribution in [1.29, 1.82) is 0 Å². The van der Waals surface area contributed by atoms with E-state index in [2.05, 4.69) is 11.4 Å². The Hall–Kier alpha value is -3.35. The van der Waals surface area contributed by atoms with Crippen molar-refractivity contribution < 1.29 is 24.2 Å². The molecule has 1 aromatic carbocycles. The lowest BCUT2D eigenvalue weighted by atomic mass is 9.83. The second-order valence-corrected chi connectivity index (χ2v) is 6.90. The highest BCUT2D eigenvalue weighted by atomic mass is 16.5. The maximum absolute atomic E-state index is 12.9. The third-order valence-electron chi connectivity index (χ3n) is 4.80. The molecule has 29 heavy (non-hydrogen) atoms. The standard InChI is InChI=1S/C22H20BNO5/c1-13(25)29-20-10-8-16(23)12-18(20)21(26)24-19-11-15(7-9-17(19)22(27)28)14-5-3-2-4-6-14/h2-5,7-10,12,14,19H,6,11H2,1H3,(H,24,26)(H,27,28). The lowest BCUT2D eigenvalue weighted by Gasteiger charge is -2.27. The van der Waals surface area contributed by atoms with Crippen LogP contribution in [-0.4, -0.2) is 36.8 Å². The number of hydrogen-bond donors (Lipinski definition) is 2. The summed E-state index contributed by atoms with van der Waals surface area (Å²) >= 11 is 0. The summed E-state index contributed by atoms with van der Waals surface area (Å²) in [4.78, 5) is 35.9. The number of allylic oxidation sites excluding steroid dienone is 6. The summed E-state index contributed by atoms with van der Waals surface area (Å²) in [6, 6.07) is 3.63. The molecule has 1 amide bonds. The van der Waals surface area contributed by atoms with Gasteiger partial charge in [-0.15, -0.1) is 0 Å².